The van der Waals surface area contributed by atoms with Crippen molar-refractivity contribution in [3.63, 3.8) is 0 Å². The van der Waals surface area contributed by atoms with Crippen molar-refractivity contribution in [1.29, 1.82) is 5.26 Å². The first-order valence-electron chi connectivity index (χ1n) is 10.5. The Morgan fingerprint density at radius 2 is 2.00 bits per heavy atom. The van der Waals surface area contributed by atoms with E-state index in [9.17, 15) is 5.11 Å². The number of anilines is 1. The quantitative estimate of drug-likeness (QED) is 0.659. The molecule has 1 fully saturated rings. The number of phenolic OH excluding ortho intramolecular Hbond substituents is 1. The number of piperidine rings is 1. The number of phenols is 1. The fourth-order valence-electron chi connectivity index (χ4n) is 4.26. The van der Waals surface area contributed by atoms with Gasteiger partial charge in [-0.2, -0.15) is 5.26 Å². The van der Waals surface area contributed by atoms with Crippen LogP contribution in [0.15, 0.2) is 42.5 Å². The molecule has 1 aliphatic rings. The maximum absolute atomic E-state index is 10.4. The third-order valence-electron chi connectivity index (χ3n) is 5.54. The second-order valence-electron chi connectivity index (χ2n) is 8.42. The van der Waals surface area contributed by atoms with Crippen molar-refractivity contribution in [2.45, 2.75) is 32.7 Å². The number of aromatic nitrogens is 2. The van der Waals surface area contributed by atoms with Gasteiger partial charge in [0.1, 0.15) is 11.4 Å². The second kappa shape index (κ2) is 8.68. The molecule has 6 nitrogen and oxygen atoms in total. The van der Waals surface area contributed by atoms with Crippen LogP contribution in [0, 0.1) is 17.2 Å². The van der Waals surface area contributed by atoms with Crippen LogP contribution < -0.4 is 5.32 Å². The molecule has 0 aliphatic carbocycles. The van der Waals surface area contributed by atoms with Crippen LogP contribution >= 0.6 is 0 Å². The Kier molecular flexibility index (Phi) is 5.82. The van der Waals surface area contributed by atoms with Crippen LogP contribution in [0.5, 0.6) is 5.75 Å². The molecule has 0 radical (unpaired) electrons. The van der Waals surface area contributed by atoms with Gasteiger partial charge in [-0.05, 0) is 43.5 Å². The maximum atomic E-state index is 10.4. The molecular weight excluding hydrogens is 374 g/mol. The molecule has 2 heterocycles. The molecular formula is C24H27N5O. The molecule has 4 rings (SSSR count). The molecule has 1 atom stereocenters. The minimum Gasteiger partial charge on any atom is -0.507 e. The summed E-state index contributed by atoms with van der Waals surface area (Å²) >= 11 is 0. The number of benzene rings is 2. The lowest BCUT2D eigenvalue weighted by Crippen LogP contribution is -2.43. The molecule has 0 bridgehead atoms. The Bertz CT molecular complexity index is 1090. The van der Waals surface area contributed by atoms with Gasteiger partial charge in [0.05, 0.1) is 11.6 Å². The molecule has 1 aromatic heterocycles. The van der Waals surface area contributed by atoms with Crippen molar-refractivity contribution < 1.29 is 5.11 Å². The number of fused-ring (bicyclic) bond motifs is 1. The summed E-state index contributed by atoms with van der Waals surface area (Å²) in [5.74, 6) is 1.47. The molecule has 1 saturated heterocycles. The van der Waals surface area contributed by atoms with E-state index in [4.69, 9.17) is 5.26 Å². The highest BCUT2D eigenvalue weighted by Crippen LogP contribution is 2.35. The van der Waals surface area contributed by atoms with Crippen molar-refractivity contribution in [3.8, 4) is 23.1 Å². The number of rotatable bonds is 5. The lowest BCUT2D eigenvalue weighted by molar-refractivity contribution is 0.195. The van der Waals surface area contributed by atoms with Gasteiger partial charge in [-0.15, -0.1) is 10.2 Å². The van der Waals surface area contributed by atoms with Gasteiger partial charge in [0.2, 0.25) is 0 Å². The number of hydrogen-bond donors (Lipinski definition) is 2. The predicted octanol–water partition coefficient (Wildman–Crippen LogP) is 4.41. The molecule has 30 heavy (non-hydrogen) atoms. The average molecular weight is 402 g/mol. The van der Waals surface area contributed by atoms with Crippen molar-refractivity contribution >= 4 is 16.6 Å². The first-order valence-corrected chi connectivity index (χ1v) is 10.5. The van der Waals surface area contributed by atoms with Gasteiger partial charge in [0.15, 0.2) is 5.82 Å². The molecule has 0 saturated carbocycles. The van der Waals surface area contributed by atoms with Crippen molar-refractivity contribution in [2.24, 2.45) is 5.92 Å². The van der Waals surface area contributed by atoms with Gasteiger partial charge in [0, 0.05) is 35.5 Å². The van der Waals surface area contributed by atoms with Crippen LogP contribution in [0.4, 0.5) is 5.82 Å². The van der Waals surface area contributed by atoms with E-state index in [2.05, 4.69) is 34.3 Å². The van der Waals surface area contributed by atoms with E-state index in [1.807, 2.05) is 30.3 Å². The summed E-state index contributed by atoms with van der Waals surface area (Å²) in [4.78, 5) is 2.52. The lowest BCUT2D eigenvalue weighted by atomic mass is 10.0. The molecule has 0 spiro atoms. The molecule has 6 heteroatoms. The van der Waals surface area contributed by atoms with E-state index >= 15 is 0 Å². The Labute approximate surface area is 177 Å². The molecule has 3 aromatic rings. The fourth-order valence-corrected chi connectivity index (χ4v) is 4.26. The number of nitriles is 1. The smallest absolute Gasteiger partial charge is 0.156 e. The summed E-state index contributed by atoms with van der Waals surface area (Å²) in [6.45, 7) is 7.79. The van der Waals surface area contributed by atoms with Gasteiger partial charge in [-0.25, -0.2) is 0 Å². The molecule has 0 amide bonds. The first kappa shape index (κ1) is 20.1. The molecule has 2 aromatic carbocycles. The van der Waals surface area contributed by atoms with Crippen LogP contribution in [0.25, 0.3) is 22.0 Å². The largest absolute Gasteiger partial charge is 0.507 e. The van der Waals surface area contributed by atoms with E-state index in [1.54, 1.807) is 12.1 Å². The summed E-state index contributed by atoms with van der Waals surface area (Å²) in [5.41, 5.74) is 1.60. The normalized spacial score (nSPS) is 17.2. The summed E-state index contributed by atoms with van der Waals surface area (Å²) in [6.07, 6.45) is 2.29. The van der Waals surface area contributed by atoms with E-state index in [0.29, 0.717) is 28.8 Å². The van der Waals surface area contributed by atoms with Crippen LogP contribution in [-0.2, 0) is 0 Å². The second-order valence-corrected chi connectivity index (χ2v) is 8.42. The average Bonchev–Trinajstić information content (AvgIpc) is 2.74. The highest BCUT2D eigenvalue weighted by atomic mass is 16.3. The summed E-state index contributed by atoms with van der Waals surface area (Å²) in [5, 5.41) is 33.9. The van der Waals surface area contributed by atoms with Crippen molar-refractivity contribution in [2.75, 3.05) is 25.0 Å². The molecule has 1 aliphatic heterocycles. The van der Waals surface area contributed by atoms with Gasteiger partial charge in [0.25, 0.3) is 0 Å². The monoisotopic (exact) mass is 401 g/mol. The zero-order valence-electron chi connectivity index (χ0n) is 17.5. The number of nitrogens with one attached hydrogen (secondary N) is 1. The van der Waals surface area contributed by atoms with Gasteiger partial charge in [-0.1, -0.05) is 38.1 Å². The summed E-state index contributed by atoms with van der Waals surface area (Å²) in [6, 6.07) is 15.2. The van der Waals surface area contributed by atoms with E-state index < -0.39 is 0 Å². The van der Waals surface area contributed by atoms with Crippen LogP contribution in [0.3, 0.4) is 0 Å². The van der Waals surface area contributed by atoms with Gasteiger partial charge >= 0.3 is 0 Å². The Morgan fingerprint density at radius 1 is 1.20 bits per heavy atom. The minimum absolute atomic E-state index is 0.0332. The zero-order chi connectivity index (χ0) is 21.1. The topological polar surface area (TPSA) is 85.1 Å². The number of aromatic hydroxyl groups is 1. The van der Waals surface area contributed by atoms with E-state index in [1.165, 1.54) is 12.5 Å². The Hall–Kier alpha value is -3.17. The molecule has 2 N–H and O–H groups in total. The Morgan fingerprint density at radius 3 is 2.73 bits per heavy atom. The fraction of sp³-hybridized carbons (Fsp3) is 0.375. The van der Waals surface area contributed by atoms with Gasteiger partial charge in [-0.3, -0.25) is 0 Å². The van der Waals surface area contributed by atoms with Gasteiger partial charge < -0.3 is 15.3 Å². The molecule has 0 unspecified atom stereocenters. The third-order valence-corrected chi connectivity index (χ3v) is 5.54. The lowest BCUT2D eigenvalue weighted by Gasteiger charge is -2.34. The number of likely N-dealkylation sites (tertiary alicyclic amines) is 1. The number of hydrogen-bond acceptors (Lipinski definition) is 6. The van der Waals surface area contributed by atoms with Crippen molar-refractivity contribution in [1.82, 2.24) is 15.1 Å². The predicted molar refractivity (Wildman–Crippen MR) is 119 cm³/mol. The third kappa shape index (κ3) is 4.22. The highest BCUT2D eigenvalue weighted by molar-refractivity contribution is 6.00. The van der Waals surface area contributed by atoms with Crippen molar-refractivity contribution in [3.05, 3.63) is 48.0 Å². The SMILES string of the molecule is CC(C)CN1CCC[C@@H](Nc2nnc(-c3ccc(C#N)cc3O)c3ccccc23)C1. The maximum Gasteiger partial charge on any atom is 0.156 e. The number of nitrogens with zero attached hydrogens (tertiary/aromatic N) is 4. The zero-order valence-corrected chi connectivity index (χ0v) is 17.5. The minimum atomic E-state index is 0.0332. The van der Waals surface area contributed by atoms with Crippen LogP contribution in [-0.4, -0.2) is 45.9 Å². The first-order chi connectivity index (χ1) is 14.5. The standard InChI is InChI=1S/C24H27N5O/c1-16(2)14-29-11-5-6-18(15-29)26-24-20-8-4-3-7-19(20)23(27-28-24)21-10-9-17(13-25)12-22(21)30/h3-4,7-10,12,16,18,30H,5-6,11,14-15H2,1-2H3,(H,26,28)/t18-/m1/s1. The van der Waals surface area contributed by atoms with E-state index in [-0.39, 0.29) is 5.75 Å². The Balaban J connectivity index is 1.66. The van der Waals surface area contributed by atoms with E-state index in [0.717, 1.165) is 42.6 Å². The van der Waals surface area contributed by atoms with Crippen LogP contribution in [0.1, 0.15) is 32.3 Å². The molecule has 154 valence electrons. The summed E-state index contributed by atoms with van der Waals surface area (Å²) < 4.78 is 0. The highest BCUT2D eigenvalue weighted by Gasteiger charge is 2.22. The summed E-state index contributed by atoms with van der Waals surface area (Å²) in [7, 11) is 0. The van der Waals surface area contributed by atoms with Crippen LogP contribution in [0.2, 0.25) is 0 Å².